The fourth-order valence-corrected chi connectivity index (χ4v) is 6.38. The number of sulfonamides is 1. The standard InChI is InChI=1S/C28H34F5N3O5S/c1-2-42(38,39)35-13-11-19(12-14-35)16-34-26(37)20-3-7-22(8-4-20)36-17-25(15-23(36)18-40-27(29)30)41-24-9-5-21(6-10-24)28(31,32)33/h3-10,19,23,25,27H,2,11-18H2,1H3,(H,34,37)/t23-,25-/m0/s1. The van der Waals surface area contributed by atoms with E-state index in [1.165, 1.54) is 16.4 Å². The van der Waals surface area contributed by atoms with Gasteiger partial charge in [0.15, 0.2) is 0 Å². The maximum Gasteiger partial charge on any atom is 0.416 e. The van der Waals surface area contributed by atoms with Crippen LogP contribution in [0.25, 0.3) is 0 Å². The Morgan fingerprint density at radius 1 is 1.05 bits per heavy atom. The Morgan fingerprint density at radius 2 is 1.69 bits per heavy atom. The summed E-state index contributed by atoms with van der Waals surface area (Å²) >= 11 is 0. The molecule has 2 atom stereocenters. The van der Waals surface area contributed by atoms with Crippen molar-refractivity contribution >= 4 is 21.6 Å². The van der Waals surface area contributed by atoms with E-state index in [2.05, 4.69) is 10.1 Å². The number of carbonyl (C=O) groups is 1. The molecule has 4 rings (SSSR count). The summed E-state index contributed by atoms with van der Waals surface area (Å²) in [6.07, 6.45) is -3.35. The highest BCUT2D eigenvalue weighted by molar-refractivity contribution is 7.89. The molecule has 0 unspecified atom stereocenters. The fourth-order valence-electron chi connectivity index (χ4n) is 5.25. The smallest absolute Gasteiger partial charge is 0.416 e. The molecule has 0 spiro atoms. The maximum atomic E-state index is 12.9. The van der Waals surface area contributed by atoms with E-state index in [0.29, 0.717) is 50.1 Å². The highest BCUT2D eigenvalue weighted by Crippen LogP contribution is 2.32. The number of anilines is 1. The quantitative estimate of drug-likeness (QED) is 0.365. The van der Waals surface area contributed by atoms with Crippen molar-refractivity contribution in [3.63, 3.8) is 0 Å². The maximum absolute atomic E-state index is 12.9. The van der Waals surface area contributed by atoms with Crippen molar-refractivity contribution in [2.75, 3.05) is 43.4 Å². The van der Waals surface area contributed by atoms with Crippen molar-refractivity contribution in [2.45, 2.75) is 51.1 Å². The second-order valence-corrected chi connectivity index (χ2v) is 12.7. The summed E-state index contributed by atoms with van der Waals surface area (Å²) in [5, 5.41) is 2.90. The van der Waals surface area contributed by atoms with Crippen LogP contribution in [0.15, 0.2) is 48.5 Å². The van der Waals surface area contributed by atoms with Crippen molar-refractivity contribution in [1.29, 1.82) is 0 Å². The van der Waals surface area contributed by atoms with E-state index in [1.54, 1.807) is 31.2 Å². The molecular weight excluding hydrogens is 585 g/mol. The number of alkyl halides is 5. The Kier molecular flexibility index (Phi) is 10.3. The molecule has 0 radical (unpaired) electrons. The number of benzene rings is 2. The van der Waals surface area contributed by atoms with E-state index in [0.717, 1.165) is 12.1 Å². The van der Waals surface area contributed by atoms with Crippen molar-refractivity contribution < 1.29 is 44.6 Å². The molecule has 2 fully saturated rings. The van der Waals surface area contributed by atoms with Gasteiger partial charge in [0.05, 0.1) is 30.5 Å². The lowest BCUT2D eigenvalue weighted by atomic mass is 9.98. The summed E-state index contributed by atoms with van der Waals surface area (Å²) in [5.41, 5.74) is 0.252. The van der Waals surface area contributed by atoms with E-state index in [4.69, 9.17) is 4.74 Å². The van der Waals surface area contributed by atoms with Crippen molar-refractivity contribution in [1.82, 2.24) is 9.62 Å². The molecule has 2 aromatic carbocycles. The minimum atomic E-state index is -4.47. The number of hydrogen-bond donors (Lipinski definition) is 1. The van der Waals surface area contributed by atoms with Gasteiger partial charge in [-0.05, 0) is 74.2 Å². The highest BCUT2D eigenvalue weighted by Gasteiger charge is 2.35. The molecule has 2 aliphatic heterocycles. The van der Waals surface area contributed by atoms with Gasteiger partial charge in [-0.1, -0.05) is 0 Å². The van der Waals surface area contributed by atoms with Gasteiger partial charge in [0.1, 0.15) is 11.9 Å². The first-order valence-electron chi connectivity index (χ1n) is 13.7. The SMILES string of the molecule is CCS(=O)(=O)N1CCC(CNC(=O)c2ccc(N3C[C@@H](Oc4ccc(C(F)(F)F)cc4)C[C@H]3COC(F)F)cc2)CC1. The minimum Gasteiger partial charge on any atom is -0.489 e. The monoisotopic (exact) mass is 619 g/mol. The predicted octanol–water partition coefficient (Wildman–Crippen LogP) is 4.76. The first kappa shape index (κ1) is 32.0. The number of hydrogen-bond acceptors (Lipinski definition) is 6. The Hall–Kier alpha value is -2.97. The zero-order valence-electron chi connectivity index (χ0n) is 23.0. The van der Waals surface area contributed by atoms with Crippen LogP contribution in [0, 0.1) is 5.92 Å². The molecule has 0 saturated carbocycles. The largest absolute Gasteiger partial charge is 0.489 e. The normalized spacial score (nSPS) is 20.7. The number of halogens is 5. The van der Waals surface area contributed by atoms with Crippen LogP contribution in [-0.4, -0.2) is 75.9 Å². The summed E-state index contributed by atoms with van der Waals surface area (Å²) in [4.78, 5) is 14.6. The topological polar surface area (TPSA) is 88.2 Å². The van der Waals surface area contributed by atoms with Crippen LogP contribution in [-0.2, 0) is 20.9 Å². The predicted molar refractivity (Wildman–Crippen MR) is 146 cm³/mol. The molecule has 1 N–H and O–H groups in total. The molecule has 8 nitrogen and oxygen atoms in total. The third-order valence-corrected chi connectivity index (χ3v) is 9.50. The molecule has 42 heavy (non-hydrogen) atoms. The van der Waals surface area contributed by atoms with E-state index < -0.39 is 40.5 Å². The highest BCUT2D eigenvalue weighted by atomic mass is 32.2. The van der Waals surface area contributed by atoms with Gasteiger partial charge < -0.3 is 19.7 Å². The lowest BCUT2D eigenvalue weighted by molar-refractivity contribution is -0.137. The third kappa shape index (κ3) is 8.32. The summed E-state index contributed by atoms with van der Waals surface area (Å²) < 4.78 is 100. The minimum absolute atomic E-state index is 0.0641. The van der Waals surface area contributed by atoms with E-state index in [-0.39, 0.29) is 36.5 Å². The summed E-state index contributed by atoms with van der Waals surface area (Å²) in [7, 11) is -3.22. The van der Waals surface area contributed by atoms with Gasteiger partial charge in [-0.2, -0.15) is 22.0 Å². The molecular formula is C28H34F5N3O5S. The number of amides is 1. The Bertz CT molecular complexity index is 1280. The molecule has 2 saturated heterocycles. The zero-order valence-corrected chi connectivity index (χ0v) is 23.8. The van der Waals surface area contributed by atoms with Crippen LogP contribution in [0.2, 0.25) is 0 Å². The summed E-state index contributed by atoms with van der Waals surface area (Å²) in [6, 6.07) is 10.4. The van der Waals surface area contributed by atoms with Gasteiger partial charge >= 0.3 is 12.8 Å². The van der Waals surface area contributed by atoms with Gasteiger partial charge in [0.25, 0.3) is 5.91 Å². The van der Waals surface area contributed by atoms with Crippen LogP contribution in [0.3, 0.4) is 0 Å². The average molecular weight is 620 g/mol. The van der Waals surface area contributed by atoms with Gasteiger partial charge in [-0.3, -0.25) is 4.79 Å². The summed E-state index contributed by atoms with van der Waals surface area (Å²) in [5.74, 6) is 0.174. The van der Waals surface area contributed by atoms with E-state index >= 15 is 0 Å². The number of carbonyl (C=O) groups excluding carboxylic acids is 1. The molecule has 2 aliphatic rings. The van der Waals surface area contributed by atoms with Crippen LogP contribution in [0.4, 0.5) is 27.6 Å². The molecule has 1 amide bonds. The van der Waals surface area contributed by atoms with Crippen molar-refractivity contribution in [3.05, 3.63) is 59.7 Å². The molecule has 14 heteroatoms. The Labute approximate surface area is 241 Å². The molecule has 232 valence electrons. The fraction of sp³-hybridized carbons (Fsp3) is 0.536. The second-order valence-electron chi connectivity index (χ2n) is 10.4. The van der Waals surface area contributed by atoms with Crippen molar-refractivity contribution in [3.8, 4) is 5.75 Å². The van der Waals surface area contributed by atoms with Gasteiger partial charge in [-0.15, -0.1) is 0 Å². The number of rotatable bonds is 11. The first-order chi connectivity index (χ1) is 19.9. The first-order valence-corrected chi connectivity index (χ1v) is 15.3. The van der Waals surface area contributed by atoms with Gasteiger partial charge in [0, 0.05) is 37.3 Å². The molecule has 0 aromatic heterocycles. The van der Waals surface area contributed by atoms with Crippen LogP contribution < -0.4 is 15.0 Å². The van der Waals surface area contributed by atoms with Crippen LogP contribution in [0.5, 0.6) is 5.75 Å². The number of nitrogens with one attached hydrogen (secondary N) is 1. The van der Waals surface area contributed by atoms with E-state index in [1.807, 2.05) is 4.90 Å². The lowest BCUT2D eigenvalue weighted by Crippen LogP contribution is -2.42. The molecule has 2 heterocycles. The van der Waals surface area contributed by atoms with E-state index in [9.17, 15) is 35.2 Å². The van der Waals surface area contributed by atoms with Crippen LogP contribution in [0.1, 0.15) is 42.1 Å². The zero-order chi connectivity index (χ0) is 30.5. The number of ether oxygens (including phenoxy) is 2. The number of nitrogens with zero attached hydrogens (tertiary/aromatic N) is 2. The summed E-state index contributed by atoms with van der Waals surface area (Å²) in [6.45, 7) is -0.0769. The molecule has 0 bridgehead atoms. The average Bonchev–Trinajstić information content (AvgIpc) is 3.37. The van der Waals surface area contributed by atoms with Gasteiger partial charge in [-0.25, -0.2) is 12.7 Å². The Morgan fingerprint density at radius 3 is 2.26 bits per heavy atom. The second kappa shape index (κ2) is 13.6. The molecule has 2 aromatic rings. The third-order valence-electron chi connectivity index (χ3n) is 7.62. The van der Waals surface area contributed by atoms with Crippen molar-refractivity contribution in [2.24, 2.45) is 5.92 Å². The molecule has 0 aliphatic carbocycles. The lowest BCUT2D eigenvalue weighted by Gasteiger charge is -2.31. The van der Waals surface area contributed by atoms with Crippen LogP contribution >= 0.6 is 0 Å². The Balaban J connectivity index is 1.34. The van der Waals surface area contributed by atoms with Gasteiger partial charge in [0.2, 0.25) is 10.0 Å². The number of piperidine rings is 1.